The van der Waals surface area contributed by atoms with Gasteiger partial charge in [0.2, 0.25) is 0 Å². The minimum atomic E-state index is -0.544. The summed E-state index contributed by atoms with van der Waals surface area (Å²) in [5, 5.41) is 10.9. The van der Waals surface area contributed by atoms with Crippen LogP contribution < -0.4 is 0 Å². The highest BCUT2D eigenvalue weighted by atomic mass is 35.5. The largest absolute Gasteiger partial charge is 0.503 e. The average molecular weight is 364 g/mol. The number of unbranched alkanes of at least 4 members (excludes halogenated alkanes) is 1. The van der Waals surface area contributed by atoms with E-state index in [1.54, 1.807) is 17.0 Å². The summed E-state index contributed by atoms with van der Waals surface area (Å²) in [4.78, 5) is 26.4. The third kappa shape index (κ3) is 4.24. The average Bonchev–Trinajstić information content (AvgIpc) is 2.84. The van der Waals surface area contributed by atoms with Crippen LogP contribution in [0.5, 0.6) is 0 Å². The van der Waals surface area contributed by atoms with E-state index < -0.39 is 17.7 Å². The molecule has 0 aliphatic carbocycles. The molecule has 0 aromatic heterocycles. The standard InChI is InChI=1S/C20H26ClNO3/c1-4-6-7-14(5-2)12-22-18(15-8-10-16(21)11-9-15)17(13(3)23)19(24)20(22)25/h8-11,14,18,24H,4-7,12H2,1-3H3/t14-,18+/m0/s1. The van der Waals surface area contributed by atoms with Gasteiger partial charge in [0.1, 0.15) is 0 Å². The predicted octanol–water partition coefficient (Wildman–Crippen LogP) is 4.84. The third-order valence-electron chi connectivity index (χ3n) is 4.87. The Labute approximate surface area is 154 Å². The number of aliphatic hydroxyl groups excluding tert-OH is 1. The van der Waals surface area contributed by atoms with Crippen molar-refractivity contribution in [1.82, 2.24) is 4.90 Å². The number of aliphatic hydroxyl groups is 1. The third-order valence-corrected chi connectivity index (χ3v) is 5.12. The molecule has 2 rings (SSSR count). The molecule has 0 saturated carbocycles. The van der Waals surface area contributed by atoms with Crippen molar-refractivity contribution in [3.8, 4) is 0 Å². The van der Waals surface area contributed by atoms with Crippen LogP contribution in [0.4, 0.5) is 0 Å². The zero-order valence-electron chi connectivity index (χ0n) is 15.1. The number of rotatable bonds is 8. The number of ketones is 1. The van der Waals surface area contributed by atoms with Crippen LogP contribution in [-0.4, -0.2) is 28.2 Å². The summed E-state index contributed by atoms with van der Waals surface area (Å²) in [7, 11) is 0. The summed E-state index contributed by atoms with van der Waals surface area (Å²) in [6.07, 6.45) is 4.19. The van der Waals surface area contributed by atoms with Gasteiger partial charge in [-0.15, -0.1) is 0 Å². The van der Waals surface area contributed by atoms with Crippen molar-refractivity contribution in [1.29, 1.82) is 0 Å². The molecule has 0 unspecified atom stereocenters. The van der Waals surface area contributed by atoms with Gasteiger partial charge in [0.25, 0.3) is 5.91 Å². The SMILES string of the molecule is CCCC[C@H](CC)CN1C(=O)C(O)=C(C(C)=O)[C@H]1c1ccc(Cl)cc1. The summed E-state index contributed by atoms with van der Waals surface area (Å²) in [5.74, 6) is -0.814. The molecule has 5 heteroatoms. The Balaban J connectivity index is 2.37. The Morgan fingerprint density at radius 2 is 1.92 bits per heavy atom. The summed E-state index contributed by atoms with van der Waals surface area (Å²) in [6.45, 7) is 6.17. The first-order valence-electron chi connectivity index (χ1n) is 8.91. The van der Waals surface area contributed by atoms with E-state index >= 15 is 0 Å². The van der Waals surface area contributed by atoms with Gasteiger partial charge in [0, 0.05) is 11.6 Å². The Morgan fingerprint density at radius 1 is 1.28 bits per heavy atom. The maximum atomic E-state index is 12.6. The van der Waals surface area contributed by atoms with Crippen LogP contribution >= 0.6 is 11.6 Å². The molecule has 0 fully saturated rings. The van der Waals surface area contributed by atoms with Crippen LogP contribution in [0.1, 0.15) is 58.1 Å². The van der Waals surface area contributed by atoms with Gasteiger partial charge in [-0.1, -0.05) is 56.8 Å². The molecule has 0 spiro atoms. The minimum absolute atomic E-state index is 0.178. The van der Waals surface area contributed by atoms with Gasteiger partial charge in [-0.3, -0.25) is 9.59 Å². The van der Waals surface area contributed by atoms with Crippen LogP contribution in [0.15, 0.2) is 35.6 Å². The van der Waals surface area contributed by atoms with Gasteiger partial charge in [0.05, 0.1) is 11.6 Å². The Hall–Kier alpha value is -1.81. The number of hydrogen-bond donors (Lipinski definition) is 1. The monoisotopic (exact) mass is 363 g/mol. The minimum Gasteiger partial charge on any atom is -0.503 e. The molecule has 0 saturated heterocycles. The summed E-state index contributed by atoms with van der Waals surface area (Å²) >= 11 is 5.97. The van der Waals surface area contributed by atoms with Crippen LogP contribution in [0, 0.1) is 5.92 Å². The van der Waals surface area contributed by atoms with E-state index in [4.69, 9.17) is 11.6 Å². The summed E-state index contributed by atoms with van der Waals surface area (Å²) in [6, 6.07) is 6.55. The smallest absolute Gasteiger partial charge is 0.290 e. The molecule has 1 aliphatic heterocycles. The molecule has 1 aromatic rings. The van der Waals surface area contributed by atoms with Crippen molar-refractivity contribution in [2.45, 2.75) is 52.5 Å². The lowest BCUT2D eigenvalue weighted by Crippen LogP contribution is -2.35. The van der Waals surface area contributed by atoms with Crippen LogP contribution in [0.2, 0.25) is 5.02 Å². The van der Waals surface area contributed by atoms with Gasteiger partial charge in [0.15, 0.2) is 11.5 Å². The number of carbonyl (C=O) groups excluding carboxylic acids is 2. The fraction of sp³-hybridized carbons (Fsp3) is 0.500. The van der Waals surface area contributed by atoms with Crippen LogP contribution in [0.3, 0.4) is 0 Å². The molecule has 0 bridgehead atoms. The maximum absolute atomic E-state index is 12.6. The van der Waals surface area contributed by atoms with Gasteiger partial charge >= 0.3 is 0 Å². The molecule has 4 nitrogen and oxygen atoms in total. The number of hydrogen-bond acceptors (Lipinski definition) is 3. The fourth-order valence-electron chi connectivity index (χ4n) is 3.39. The number of halogens is 1. The molecular formula is C20H26ClNO3. The normalized spacial score (nSPS) is 18.8. The first kappa shape index (κ1) is 19.5. The molecule has 1 aromatic carbocycles. The van der Waals surface area contributed by atoms with Gasteiger partial charge in [-0.05, 0) is 37.0 Å². The number of carbonyl (C=O) groups is 2. The Kier molecular flexibility index (Phi) is 6.65. The second-order valence-electron chi connectivity index (χ2n) is 6.65. The highest BCUT2D eigenvalue weighted by Gasteiger charge is 2.42. The second kappa shape index (κ2) is 8.52. The number of amides is 1. The van der Waals surface area contributed by atoms with Crippen molar-refractivity contribution in [2.75, 3.05) is 6.54 Å². The van der Waals surface area contributed by atoms with E-state index in [2.05, 4.69) is 13.8 Å². The van der Waals surface area contributed by atoms with E-state index in [1.165, 1.54) is 6.92 Å². The van der Waals surface area contributed by atoms with E-state index in [0.29, 0.717) is 17.5 Å². The van der Waals surface area contributed by atoms with E-state index in [-0.39, 0.29) is 11.4 Å². The molecule has 1 amide bonds. The lowest BCUT2D eigenvalue weighted by atomic mass is 9.94. The van der Waals surface area contributed by atoms with E-state index in [0.717, 1.165) is 31.2 Å². The first-order chi connectivity index (χ1) is 11.9. The fourth-order valence-corrected chi connectivity index (χ4v) is 3.51. The molecular weight excluding hydrogens is 338 g/mol. The quantitative estimate of drug-likeness (QED) is 0.718. The number of benzene rings is 1. The highest BCUT2D eigenvalue weighted by molar-refractivity contribution is 6.30. The second-order valence-corrected chi connectivity index (χ2v) is 7.08. The first-order valence-corrected chi connectivity index (χ1v) is 9.28. The molecule has 1 heterocycles. The maximum Gasteiger partial charge on any atom is 0.290 e. The van der Waals surface area contributed by atoms with Crippen molar-refractivity contribution in [2.24, 2.45) is 5.92 Å². The van der Waals surface area contributed by atoms with Crippen molar-refractivity contribution in [3.63, 3.8) is 0 Å². The lowest BCUT2D eigenvalue weighted by molar-refractivity contribution is -0.130. The molecule has 1 N–H and O–H groups in total. The molecule has 2 atom stereocenters. The van der Waals surface area contributed by atoms with Crippen molar-refractivity contribution < 1.29 is 14.7 Å². The summed E-state index contributed by atoms with van der Waals surface area (Å²) in [5.41, 5.74) is 0.968. The summed E-state index contributed by atoms with van der Waals surface area (Å²) < 4.78 is 0. The Morgan fingerprint density at radius 3 is 2.44 bits per heavy atom. The molecule has 1 aliphatic rings. The number of nitrogens with zero attached hydrogens (tertiary/aromatic N) is 1. The van der Waals surface area contributed by atoms with Crippen molar-refractivity contribution in [3.05, 3.63) is 46.2 Å². The molecule has 136 valence electrons. The lowest BCUT2D eigenvalue weighted by Gasteiger charge is -2.30. The molecule has 0 radical (unpaired) electrons. The predicted molar refractivity (Wildman–Crippen MR) is 99.5 cm³/mol. The topological polar surface area (TPSA) is 57.6 Å². The van der Waals surface area contributed by atoms with Gasteiger partial charge in [-0.25, -0.2) is 0 Å². The van der Waals surface area contributed by atoms with Crippen LogP contribution in [0.25, 0.3) is 0 Å². The Bertz CT molecular complexity index is 666. The zero-order valence-corrected chi connectivity index (χ0v) is 15.8. The molecule has 25 heavy (non-hydrogen) atoms. The van der Waals surface area contributed by atoms with Gasteiger partial charge < -0.3 is 10.0 Å². The van der Waals surface area contributed by atoms with Gasteiger partial charge in [-0.2, -0.15) is 0 Å². The zero-order chi connectivity index (χ0) is 18.6. The van der Waals surface area contributed by atoms with Crippen molar-refractivity contribution >= 4 is 23.3 Å². The number of Topliss-reactive ketones (excluding diaryl/α,β-unsaturated/α-hetero) is 1. The van der Waals surface area contributed by atoms with E-state index in [1.807, 2.05) is 12.1 Å². The van der Waals surface area contributed by atoms with E-state index in [9.17, 15) is 14.7 Å². The van der Waals surface area contributed by atoms with Crippen LogP contribution in [-0.2, 0) is 9.59 Å². The highest BCUT2D eigenvalue weighted by Crippen LogP contribution is 2.39.